The van der Waals surface area contributed by atoms with Crippen molar-refractivity contribution in [1.29, 1.82) is 0 Å². The zero-order chi connectivity index (χ0) is 17.9. The van der Waals surface area contributed by atoms with Crippen molar-refractivity contribution in [2.45, 2.75) is 30.7 Å². The van der Waals surface area contributed by atoms with Crippen LogP contribution < -0.4 is 4.72 Å². The smallest absolute Gasteiger partial charge is 0.240 e. The van der Waals surface area contributed by atoms with Crippen LogP contribution in [0.3, 0.4) is 0 Å². The number of rotatable bonds is 6. The molecule has 0 aliphatic carbocycles. The zero-order valence-corrected chi connectivity index (χ0v) is 15.8. The van der Waals surface area contributed by atoms with Crippen LogP contribution in [0.5, 0.6) is 0 Å². The maximum Gasteiger partial charge on any atom is 0.240 e. The lowest BCUT2D eigenvalue weighted by atomic mass is 9.97. The molecule has 0 radical (unpaired) electrons. The molecule has 1 fully saturated rings. The van der Waals surface area contributed by atoms with Gasteiger partial charge in [-0.3, -0.25) is 4.90 Å². The topological polar surface area (TPSA) is 49.4 Å². The first-order valence-corrected chi connectivity index (χ1v) is 10.8. The van der Waals surface area contributed by atoms with Crippen LogP contribution >= 0.6 is 11.3 Å². The summed E-state index contributed by atoms with van der Waals surface area (Å²) in [6.07, 6.45) is 2.25. The number of likely N-dealkylation sites (tertiary alicyclic amines) is 1. The molecule has 1 saturated heterocycles. The second-order valence-electron chi connectivity index (χ2n) is 6.56. The lowest BCUT2D eigenvalue weighted by molar-refractivity contribution is 0.141. The van der Waals surface area contributed by atoms with Crippen LogP contribution in [0.4, 0.5) is 4.39 Å². The molecule has 2 aromatic rings. The van der Waals surface area contributed by atoms with Gasteiger partial charge in [0.2, 0.25) is 10.0 Å². The van der Waals surface area contributed by atoms with E-state index >= 15 is 0 Å². The van der Waals surface area contributed by atoms with Gasteiger partial charge in [-0.2, -0.15) is 0 Å². The number of benzene rings is 1. The molecule has 7 heteroatoms. The number of hydrogen-bond donors (Lipinski definition) is 1. The first kappa shape index (κ1) is 18.5. The van der Waals surface area contributed by atoms with Gasteiger partial charge in [0, 0.05) is 11.4 Å². The molecule has 3 rings (SSSR count). The summed E-state index contributed by atoms with van der Waals surface area (Å²) < 4.78 is 41.0. The summed E-state index contributed by atoms with van der Waals surface area (Å²) in [7, 11) is -3.73. The summed E-state index contributed by atoms with van der Waals surface area (Å²) >= 11 is 1.64. The lowest BCUT2D eigenvalue weighted by Crippen LogP contribution is -2.41. The maximum atomic E-state index is 13.3. The number of sulfonamides is 1. The molecule has 1 aliphatic heterocycles. The van der Waals surface area contributed by atoms with E-state index < -0.39 is 15.8 Å². The zero-order valence-electron chi connectivity index (χ0n) is 14.2. The summed E-state index contributed by atoms with van der Waals surface area (Å²) in [5.74, 6) is 0.159. The van der Waals surface area contributed by atoms with Crippen LogP contribution in [0.1, 0.15) is 30.7 Å². The van der Waals surface area contributed by atoms with Crippen LogP contribution in [0, 0.1) is 11.7 Å². The Labute approximate surface area is 152 Å². The summed E-state index contributed by atoms with van der Waals surface area (Å²) in [4.78, 5) is 3.46. The van der Waals surface area contributed by atoms with Gasteiger partial charge in [-0.15, -0.1) is 11.3 Å². The van der Waals surface area contributed by atoms with E-state index in [1.165, 1.54) is 18.2 Å². The van der Waals surface area contributed by atoms with Gasteiger partial charge in [0.25, 0.3) is 0 Å². The third-order valence-electron chi connectivity index (χ3n) is 4.70. The van der Waals surface area contributed by atoms with Crippen molar-refractivity contribution >= 4 is 21.4 Å². The van der Waals surface area contributed by atoms with E-state index in [-0.39, 0.29) is 17.5 Å². The van der Waals surface area contributed by atoms with E-state index in [0.717, 1.165) is 36.9 Å². The van der Waals surface area contributed by atoms with Crippen molar-refractivity contribution < 1.29 is 12.8 Å². The number of nitrogens with zero attached hydrogens (tertiary/aromatic N) is 1. The van der Waals surface area contributed by atoms with Crippen molar-refractivity contribution in [3.05, 3.63) is 52.5 Å². The average Bonchev–Trinajstić information content (AvgIpc) is 3.11. The standard InChI is InChI=1S/C18H23FN2O2S2/c1-14-7-9-21(10-8-14)17(18-6-3-11-24-18)13-20-25(22,23)16-5-2-4-15(19)12-16/h2-6,11-12,14,17,20H,7-10,13H2,1H3. The molecule has 2 heterocycles. The first-order chi connectivity index (χ1) is 12.0. The number of nitrogens with one attached hydrogen (secondary N) is 1. The van der Waals surface area contributed by atoms with Crippen LogP contribution in [0.15, 0.2) is 46.7 Å². The van der Waals surface area contributed by atoms with Gasteiger partial charge in [0.1, 0.15) is 5.82 Å². The molecule has 1 unspecified atom stereocenters. The monoisotopic (exact) mass is 382 g/mol. The Hall–Kier alpha value is -1.28. The largest absolute Gasteiger partial charge is 0.294 e. The first-order valence-electron chi connectivity index (χ1n) is 8.48. The third kappa shape index (κ3) is 4.67. The molecule has 1 aliphatic rings. The Bertz CT molecular complexity index is 785. The maximum absolute atomic E-state index is 13.3. The molecule has 0 saturated carbocycles. The van der Waals surface area contributed by atoms with Crippen molar-refractivity contribution in [2.24, 2.45) is 5.92 Å². The Kier molecular flexibility index (Phi) is 5.89. The van der Waals surface area contributed by atoms with Gasteiger partial charge in [-0.25, -0.2) is 17.5 Å². The number of hydrogen-bond acceptors (Lipinski definition) is 4. The highest BCUT2D eigenvalue weighted by atomic mass is 32.2. The highest BCUT2D eigenvalue weighted by Gasteiger charge is 2.27. The van der Waals surface area contributed by atoms with E-state index in [1.807, 2.05) is 17.5 Å². The molecule has 136 valence electrons. The average molecular weight is 383 g/mol. The highest BCUT2D eigenvalue weighted by molar-refractivity contribution is 7.89. The van der Waals surface area contributed by atoms with E-state index in [2.05, 4.69) is 16.5 Å². The van der Waals surface area contributed by atoms with Gasteiger partial charge in [0.15, 0.2) is 0 Å². The molecular weight excluding hydrogens is 359 g/mol. The minimum absolute atomic E-state index is 0.0100. The number of piperidine rings is 1. The van der Waals surface area contributed by atoms with Gasteiger partial charge in [-0.1, -0.05) is 19.1 Å². The van der Waals surface area contributed by atoms with Gasteiger partial charge < -0.3 is 0 Å². The number of thiophene rings is 1. The Balaban J connectivity index is 1.74. The molecular formula is C18H23FN2O2S2. The minimum Gasteiger partial charge on any atom is -0.294 e. The molecule has 0 amide bonds. The van der Waals surface area contributed by atoms with Crippen molar-refractivity contribution in [3.8, 4) is 0 Å². The molecule has 0 spiro atoms. The normalized spacial score (nSPS) is 18.3. The molecule has 25 heavy (non-hydrogen) atoms. The molecule has 0 bridgehead atoms. The molecule has 1 atom stereocenters. The van der Waals surface area contributed by atoms with Crippen LogP contribution in [-0.4, -0.2) is 33.0 Å². The van der Waals surface area contributed by atoms with Crippen molar-refractivity contribution in [3.63, 3.8) is 0 Å². The fraction of sp³-hybridized carbons (Fsp3) is 0.444. The quantitative estimate of drug-likeness (QED) is 0.830. The van der Waals surface area contributed by atoms with E-state index in [0.29, 0.717) is 5.92 Å². The Morgan fingerprint density at radius 1 is 1.28 bits per heavy atom. The number of halogens is 1. The Morgan fingerprint density at radius 2 is 2.04 bits per heavy atom. The molecule has 1 aromatic heterocycles. The fourth-order valence-electron chi connectivity index (χ4n) is 3.14. The van der Waals surface area contributed by atoms with E-state index in [1.54, 1.807) is 11.3 Å². The van der Waals surface area contributed by atoms with Crippen molar-refractivity contribution in [1.82, 2.24) is 9.62 Å². The Morgan fingerprint density at radius 3 is 2.68 bits per heavy atom. The minimum atomic E-state index is -3.73. The van der Waals surface area contributed by atoms with Gasteiger partial charge in [0.05, 0.1) is 10.9 Å². The summed E-state index contributed by atoms with van der Waals surface area (Å²) in [5.41, 5.74) is 0. The van der Waals surface area contributed by atoms with Crippen LogP contribution in [0.2, 0.25) is 0 Å². The summed E-state index contributed by atoms with van der Waals surface area (Å²) in [5, 5.41) is 2.01. The van der Waals surface area contributed by atoms with E-state index in [9.17, 15) is 12.8 Å². The second-order valence-corrected chi connectivity index (χ2v) is 9.31. The molecule has 4 nitrogen and oxygen atoms in total. The predicted octanol–water partition coefficient (Wildman–Crippen LogP) is 3.64. The third-order valence-corrected chi connectivity index (χ3v) is 7.10. The summed E-state index contributed by atoms with van der Waals surface area (Å²) in [6, 6.07) is 9.15. The van der Waals surface area contributed by atoms with Gasteiger partial charge >= 0.3 is 0 Å². The molecule has 1 N–H and O–H groups in total. The lowest BCUT2D eigenvalue weighted by Gasteiger charge is -2.36. The predicted molar refractivity (Wildman–Crippen MR) is 98.6 cm³/mol. The highest BCUT2D eigenvalue weighted by Crippen LogP contribution is 2.29. The van der Waals surface area contributed by atoms with Gasteiger partial charge in [-0.05, 0) is 61.5 Å². The SMILES string of the molecule is CC1CCN(C(CNS(=O)(=O)c2cccc(F)c2)c2cccs2)CC1. The van der Waals surface area contributed by atoms with Crippen LogP contribution in [0.25, 0.3) is 0 Å². The van der Waals surface area contributed by atoms with Crippen molar-refractivity contribution in [2.75, 3.05) is 19.6 Å². The van der Waals surface area contributed by atoms with Crippen LogP contribution in [-0.2, 0) is 10.0 Å². The molecule has 1 aromatic carbocycles. The van der Waals surface area contributed by atoms with E-state index in [4.69, 9.17) is 0 Å². The fourth-order valence-corrected chi connectivity index (χ4v) is 5.07. The second kappa shape index (κ2) is 7.95. The summed E-state index contributed by atoms with van der Waals surface area (Å²) in [6.45, 7) is 4.47.